The highest BCUT2D eigenvalue weighted by Gasteiger charge is 2.20. The number of carbonyl (C=O) groups is 1. The fourth-order valence-electron chi connectivity index (χ4n) is 2.31. The standard InChI is InChI=1S/C15H16ClN3O4/c1-8-6-9(16)4-5-11(8)19-13(20)10(7-18(2)3)12(14(21)22)17-15(19)23/h4-6H,7H2,1-3H3,(H,17,23)(H,21,22). The van der Waals surface area contributed by atoms with Crippen molar-refractivity contribution in [3.63, 3.8) is 0 Å². The summed E-state index contributed by atoms with van der Waals surface area (Å²) in [6.07, 6.45) is 0. The van der Waals surface area contributed by atoms with E-state index in [4.69, 9.17) is 11.6 Å². The molecule has 0 fully saturated rings. The van der Waals surface area contributed by atoms with Crippen molar-refractivity contribution >= 4 is 17.6 Å². The Morgan fingerprint density at radius 3 is 2.52 bits per heavy atom. The lowest BCUT2D eigenvalue weighted by atomic mass is 10.1. The number of nitrogens with one attached hydrogen (secondary N) is 1. The first kappa shape index (κ1) is 17.0. The number of aromatic nitrogens is 2. The summed E-state index contributed by atoms with van der Waals surface area (Å²) in [4.78, 5) is 40.2. The first-order valence-electron chi connectivity index (χ1n) is 6.75. The van der Waals surface area contributed by atoms with Gasteiger partial charge in [0.15, 0.2) is 0 Å². The molecule has 0 spiro atoms. The lowest BCUT2D eigenvalue weighted by Crippen LogP contribution is -2.40. The quantitative estimate of drug-likeness (QED) is 0.875. The lowest BCUT2D eigenvalue weighted by Gasteiger charge is -2.15. The van der Waals surface area contributed by atoms with E-state index in [0.717, 1.165) is 4.57 Å². The molecule has 23 heavy (non-hydrogen) atoms. The fourth-order valence-corrected chi connectivity index (χ4v) is 2.53. The topological polar surface area (TPSA) is 95.4 Å². The van der Waals surface area contributed by atoms with Crippen molar-refractivity contribution in [2.45, 2.75) is 13.5 Å². The Bertz CT molecular complexity index is 883. The number of hydrogen-bond donors (Lipinski definition) is 2. The molecule has 0 unspecified atom stereocenters. The number of rotatable bonds is 4. The molecule has 0 saturated carbocycles. The molecule has 0 atom stereocenters. The van der Waals surface area contributed by atoms with Gasteiger partial charge in [-0.25, -0.2) is 14.2 Å². The molecule has 1 heterocycles. The third-order valence-electron chi connectivity index (χ3n) is 3.29. The molecular formula is C15H16ClN3O4. The van der Waals surface area contributed by atoms with Gasteiger partial charge in [-0.05, 0) is 44.8 Å². The maximum atomic E-state index is 12.7. The van der Waals surface area contributed by atoms with Crippen LogP contribution in [0, 0.1) is 6.92 Å². The monoisotopic (exact) mass is 337 g/mol. The van der Waals surface area contributed by atoms with Gasteiger partial charge in [-0.2, -0.15) is 0 Å². The Kier molecular flexibility index (Phi) is 4.72. The maximum absolute atomic E-state index is 12.7. The molecule has 0 bridgehead atoms. The van der Waals surface area contributed by atoms with Gasteiger partial charge < -0.3 is 15.0 Å². The SMILES string of the molecule is Cc1cc(Cl)ccc1-n1c(=O)[nH]c(C(=O)O)c(CN(C)C)c1=O. The Labute approximate surface area is 136 Å². The minimum Gasteiger partial charge on any atom is -0.477 e. The predicted molar refractivity (Wildman–Crippen MR) is 86.8 cm³/mol. The first-order valence-corrected chi connectivity index (χ1v) is 7.13. The zero-order valence-corrected chi connectivity index (χ0v) is 13.6. The second-order valence-electron chi connectivity index (χ2n) is 5.40. The molecule has 2 aromatic rings. The summed E-state index contributed by atoms with van der Waals surface area (Å²) in [5, 5.41) is 9.70. The van der Waals surface area contributed by atoms with Crippen molar-refractivity contribution in [3.8, 4) is 5.69 Å². The number of carboxylic acids is 1. The smallest absolute Gasteiger partial charge is 0.352 e. The summed E-state index contributed by atoms with van der Waals surface area (Å²) in [5.41, 5.74) is -0.861. The number of H-pyrrole nitrogens is 1. The molecule has 2 N–H and O–H groups in total. The Morgan fingerprint density at radius 1 is 1.35 bits per heavy atom. The number of nitrogens with zero attached hydrogens (tertiary/aromatic N) is 2. The molecule has 0 radical (unpaired) electrons. The summed E-state index contributed by atoms with van der Waals surface area (Å²) in [7, 11) is 3.40. The first-order chi connectivity index (χ1) is 10.7. The van der Waals surface area contributed by atoms with Crippen LogP contribution in [0.5, 0.6) is 0 Å². The molecule has 1 aromatic heterocycles. The molecule has 0 saturated heterocycles. The number of benzene rings is 1. The number of carboxylic acid groups (broad SMARTS) is 1. The highest BCUT2D eigenvalue weighted by molar-refractivity contribution is 6.30. The van der Waals surface area contributed by atoms with Gasteiger partial charge in [0, 0.05) is 11.6 Å². The fraction of sp³-hybridized carbons (Fsp3) is 0.267. The molecular weight excluding hydrogens is 322 g/mol. The second kappa shape index (κ2) is 6.39. The van der Waals surface area contributed by atoms with E-state index < -0.39 is 22.9 Å². The highest BCUT2D eigenvalue weighted by Crippen LogP contribution is 2.17. The van der Waals surface area contributed by atoms with Crippen molar-refractivity contribution < 1.29 is 9.90 Å². The average Bonchev–Trinajstić information content (AvgIpc) is 2.43. The summed E-state index contributed by atoms with van der Waals surface area (Å²) in [5.74, 6) is -1.35. The predicted octanol–water partition coefficient (Wildman–Crippen LogP) is 1.25. The van der Waals surface area contributed by atoms with Crippen molar-refractivity contribution in [1.82, 2.24) is 14.5 Å². The van der Waals surface area contributed by atoms with Gasteiger partial charge in [0.05, 0.1) is 11.3 Å². The van der Waals surface area contributed by atoms with Crippen LogP contribution in [0.15, 0.2) is 27.8 Å². The van der Waals surface area contributed by atoms with Gasteiger partial charge in [-0.3, -0.25) is 4.79 Å². The molecule has 1 aromatic carbocycles. The van der Waals surface area contributed by atoms with E-state index in [-0.39, 0.29) is 12.1 Å². The molecule has 0 aliphatic rings. The van der Waals surface area contributed by atoms with E-state index in [1.54, 1.807) is 44.1 Å². The number of aryl methyl sites for hydroxylation is 1. The summed E-state index contributed by atoms with van der Waals surface area (Å²) in [6.45, 7) is 1.80. The van der Waals surface area contributed by atoms with E-state index in [1.807, 2.05) is 0 Å². The van der Waals surface area contributed by atoms with E-state index in [0.29, 0.717) is 16.3 Å². The average molecular weight is 338 g/mol. The van der Waals surface area contributed by atoms with Crippen LogP contribution in [-0.2, 0) is 6.54 Å². The van der Waals surface area contributed by atoms with Crippen LogP contribution < -0.4 is 11.2 Å². The minimum absolute atomic E-state index is 0.0106. The summed E-state index contributed by atoms with van der Waals surface area (Å²) >= 11 is 5.89. The Morgan fingerprint density at radius 2 is 2.00 bits per heavy atom. The zero-order chi connectivity index (χ0) is 17.3. The van der Waals surface area contributed by atoms with E-state index >= 15 is 0 Å². The van der Waals surface area contributed by atoms with Crippen molar-refractivity contribution in [1.29, 1.82) is 0 Å². The normalized spacial score (nSPS) is 11.0. The number of halogens is 1. The second-order valence-corrected chi connectivity index (χ2v) is 5.83. The van der Waals surface area contributed by atoms with Crippen LogP contribution in [0.2, 0.25) is 5.02 Å². The third kappa shape index (κ3) is 3.35. The Balaban J connectivity index is 2.82. The van der Waals surface area contributed by atoms with Gasteiger partial charge in [0.2, 0.25) is 0 Å². The van der Waals surface area contributed by atoms with Crippen LogP contribution in [0.1, 0.15) is 21.6 Å². The van der Waals surface area contributed by atoms with E-state index in [9.17, 15) is 19.5 Å². The van der Waals surface area contributed by atoms with Crippen molar-refractivity contribution in [3.05, 3.63) is 60.9 Å². The van der Waals surface area contributed by atoms with Crippen LogP contribution >= 0.6 is 11.6 Å². The minimum atomic E-state index is -1.35. The van der Waals surface area contributed by atoms with Crippen LogP contribution in [0.4, 0.5) is 0 Å². The van der Waals surface area contributed by atoms with Gasteiger partial charge >= 0.3 is 11.7 Å². The molecule has 0 aliphatic carbocycles. The molecule has 7 nitrogen and oxygen atoms in total. The van der Waals surface area contributed by atoms with Crippen LogP contribution in [0.3, 0.4) is 0 Å². The van der Waals surface area contributed by atoms with Gasteiger partial charge in [0.25, 0.3) is 5.56 Å². The number of aromatic carboxylic acids is 1. The lowest BCUT2D eigenvalue weighted by molar-refractivity contribution is 0.0687. The number of aromatic amines is 1. The van der Waals surface area contributed by atoms with Gasteiger partial charge in [0.1, 0.15) is 5.69 Å². The molecule has 2 rings (SSSR count). The summed E-state index contributed by atoms with van der Waals surface area (Å²) < 4.78 is 0.928. The number of hydrogen-bond acceptors (Lipinski definition) is 4. The van der Waals surface area contributed by atoms with Gasteiger partial charge in [-0.1, -0.05) is 11.6 Å². The molecule has 0 amide bonds. The molecule has 0 aliphatic heterocycles. The third-order valence-corrected chi connectivity index (χ3v) is 3.52. The van der Waals surface area contributed by atoms with Gasteiger partial charge in [-0.15, -0.1) is 0 Å². The van der Waals surface area contributed by atoms with E-state index in [1.165, 1.54) is 0 Å². The van der Waals surface area contributed by atoms with Crippen molar-refractivity contribution in [2.24, 2.45) is 0 Å². The largest absolute Gasteiger partial charge is 0.477 e. The molecule has 122 valence electrons. The molecule has 8 heteroatoms. The summed E-state index contributed by atoms with van der Waals surface area (Å²) in [6, 6.07) is 4.74. The van der Waals surface area contributed by atoms with E-state index in [2.05, 4.69) is 4.98 Å². The van der Waals surface area contributed by atoms with Crippen molar-refractivity contribution in [2.75, 3.05) is 14.1 Å². The van der Waals surface area contributed by atoms with Crippen LogP contribution in [-0.4, -0.2) is 39.6 Å². The van der Waals surface area contributed by atoms with Crippen LogP contribution in [0.25, 0.3) is 5.69 Å². The zero-order valence-electron chi connectivity index (χ0n) is 12.9. The maximum Gasteiger partial charge on any atom is 0.352 e. The highest BCUT2D eigenvalue weighted by atomic mass is 35.5. The Hall–Kier alpha value is -2.38.